The monoisotopic (exact) mass is 285 g/mol. The maximum Gasteiger partial charge on any atom is 0.692 e. The molecule has 0 aliphatic carbocycles. The Kier molecular flexibility index (Phi) is 5.57. The van der Waals surface area contributed by atoms with Crippen LogP contribution in [0.25, 0.3) is 11.0 Å². The Bertz CT molecular complexity index is 687. The molecule has 0 saturated heterocycles. The molecular weight excluding hydrogens is 271 g/mol. The molecule has 8 heteroatoms. The molecule has 0 spiro atoms. The minimum Gasteiger partial charge on any atom is -0.316 e. The molecule has 4 N–H and O–H groups in total. The molecule has 0 bridgehead atoms. The number of para-hydroxylation sites is 1. The average molecular weight is 285 g/mol. The maximum atomic E-state index is 11.2. The first-order chi connectivity index (χ1) is 8.95. The predicted octanol–water partition coefficient (Wildman–Crippen LogP) is 0.797. The molecule has 102 valence electrons. The highest BCUT2D eigenvalue weighted by molar-refractivity contribution is 7.30. The summed E-state index contributed by atoms with van der Waals surface area (Å²) in [5.74, 6) is 0. The standard InChI is InChI=1S/C11H12N2O2.HO3P/c1-2-4-7-5-3-6-8-9(7)13-11(15)10(14)12-8;1-4(2)3/h3,5-6H,2,4H2,1H3,(H,12,14)(H,13,15);(H-,1,2,3)/p+1. The molecule has 0 aliphatic rings. The summed E-state index contributed by atoms with van der Waals surface area (Å²) in [4.78, 5) is 41.7. The van der Waals surface area contributed by atoms with Crippen LogP contribution in [-0.2, 0) is 11.0 Å². The molecule has 1 aromatic heterocycles. The van der Waals surface area contributed by atoms with Gasteiger partial charge in [0.05, 0.1) is 11.0 Å². The summed E-state index contributed by atoms with van der Waals surface area (Å²) in [6, 6.07) is 5.62. The van der Waals surface area contributed by atoms with Crippen LogP contribution in [0.1, 0.15) is 18.9 Å². The van der Waals surface area contributed by atoms with Gasteiger partial charge in [-0.2, -0.15) is 0 Å². The summed E-state index contributed by atoms with van der Waals surface area (Å²) in [6.45, 7) is 2.07. The van der Waals surface area contributed by atoms with Crippen LogP contribution in [0, 0.1) is 0 Å². The first kappa shape index (κ1) is 15.2. The summed E-state index contributed by atoms with van der Waals surface area (Å²) in [6.07, 6.45) is 1.89. The van der Waals surface area contributed by atoms with Crippen LogP contribution in [0.2, 0.25) is 0 Å². The van der Waals surface area contributed by atoms with Gasteiger partial charge in [-0.15, -0.1) is 9.79 Å². The van der Waals surface area contributed by atoms with Crippen LogP contribution in [0.4, 0.5) is 0 Å². The summed E-state index contributed by atoms with van der Waals surface area (Å²) in [5, 5.41) is 0. The number of aryl methyl sites for hydroxylation is 1. The zero-order chi connectivity index (χ0) is 14.4. The Morgan fingerprint density at radius 1 is 1.16 bits per heavy atom. The number of aromatic nitrogens is 2. The molecule has 19 heavy (non-hydrogen) atoms. The van der Waals surface area contributed by atoms with Gasteiger partial charge in [0.25, 0.3) is 0 Å². The highest BCUT2D eigenvalue weighted by atomic mass is 31.1. The molecule has 2 rings (SSSR count). The highest BCUT2D eigenvalue weighted by Gasteiger charge is 2.03. The molecule has 0 atom stereocenters. The van der Waals surface area contributed by atoms with Gasteiger partial charge in [0, 0.05) is 4.57 Å². The van der Waals surface area contributed by atoms with Gasteiger partial charge in [0.1, 0.15) is 0 Å². The Balaban J connectivity index is 0.000000399. The lowest BCUT2D eigenvalue weighted by molar-refractivity contribution is 0.405. The van der Waals surface area contributed by atoms with Crippen molar-refractivity contribution in [2.24, 2.45) is 0 Å². The van der Waals surface area contributed by atoms with E-state index in [0.29, 0.717) is 5.52 Å². The molecule has 0 aliphatic heterocycles. The number of hydrogen-bond donors (Lipinski definition) is 4. The van der Waals surface area contributed by atoms with E-state index in [-0.39, 0.29) is 0 Å². The minimum atomic E-state index is -2.87. The van der Waals surface area contributed by atoms with Crippen LogP contribution in [0.15, 0.2) is 27.8 Å². The van der Waals surface area contributed by atoms with Crippen LogP contribution in [-0.4, -0.2) is 19.8 Å². The third kappa shape index (κ3) is 4.40. The molecule has 1 aromatic carbocycles. The van der Waals surface area contributed by atoms with Crippen molar-refractivity contribution in [3.8, 4) is 0 Å². The SMILES string of the molecule is CCCc1cccc2[nH]c(=O)c(=O)[nH]c12.O=[P+](O)O. The number of nitrogens with one attached hydrogen (secondary N) is 2. The normalized spacial score (nSPS) is 9.84. The number of aromatic amines is 2. The maximum absolute atomic E-state index is 11.2. The van der Waals surface area contributed by atoms with Gasteiger partial charge in [-0.1, -0.05) is 25.5 Å². The lowest BCUT2D eigenvalue weighted by atomic mass is 10.1. The van der Waals surface area contributed by atoms with Crippen LogP contribution in [0.3, 0.4) is 0 Å². The molecule has 1 heterocycles. The second-order valence-corrected chi connectivity index (χ2v) is 4.26. The van der Waals surface area contributed by atoms with E-state index in [4.69, 9.17) is 14.4 Å². The number of rotatable bonds is 2. The number of hydrogen-bond acceptors (Lipinski definition) is 3. The third-order valence-electron chi connectivity index (χ3n) is 2.36. The Morgan fingerprint density at radius 3 is 2.32 bits per heavy atom. The molecule has 0 radical (unpaired) electrons. The summed E-state index contributed by atoms with van der Waals surface area (Å²) in [7, 11) is -2.87. The fraction of sp³-hybridized carbons (Fsp3) is 0.273. The fourth-order valence-electron chi connectivity index (χ4n) is 1.68. The van der Waals surface area contributed by atoms with Crippen molar-refractivity contribution in [3.63, 3.8) is 0 Å². The van der Waals surface area contributed by atoms with Crippen molar-refractivity contribution >= 4 is 19.3 Å². The Hall–Kier alpha value is -1.82. The van der Waals surface area contributed by atoms with E-state index in [1.165, 1.54) is 0 Å². The van der Waals surface area contributed by atoms with E-state index < -0.39 is 19.4 Å². The number of H-pyrrole nitrogens is 2. The van der Waals surface area contributed by atoms with Gasteiger partial charge in [0.2, 0.25) is 0 Å². The van der Waals surface area contributed by atoms with E-state index in [9.17, 15) is 9.59 Å². The van der Waals surface area contributed by atoms with Crippen molar-refractivity contribution in [2.45, 2.75) is 19.8 Å². The van der Waals surface area contributed by atoms with Crippen LogP contribution in [0.5, 0.6) is 0 Å². The predicted molar refractivity (Wildman–Crippen MR) is 71.2 cm³/mol. The lowest BCUT2D eigenvalue weighted by Crippen LogP contribution is -2.29. The van der Waals surface area contributed by atoms with Crippen LogP contribution < -0.4 is 11.1 Å². The van der Waals surface area contributed by atoms with E-state index in [0.717, 1.165) is 23.9 Å². The molecule has 0 amide bonds. The van der Waals surface area contributed by atoms with Crippen molar-refractivity contribution in [3.05, 3.63) is 44.5 Å². The quantitative estimate of drug-likeness (QED) is 0.480. The molecular formula is C11H14N2O5P+. The minimum absolute atomic E-state index is 0.592. The Morgan fingerprint density at radius 2 is 1.74 bits per heavy atom. The second kappa shape index (κ2) is 6.94. The highest BCUT2D eigenvalue weighted by Crippen LogP contribution is 2.13. The van der Waals surface area contributed by atoms with Crippen LogP contribution >= 0.6 is 8.25 Å². The van der Waals surface area contributed by atoms with Gasteiger partial charge in [0.15, 0.2) is 0 Å². The molecule has 2 aromatic rings. The lowest BCUT2D eigenvalue weighted by Gasteiger charge is -2.03. The number of benzene rings is 1. The largest absolute Gasteiger partial charge is 0.692 e. The zero-order valence-electron chi connectivity index (χ0n) is 10.2. The third-order valence-corrected chi connectivity index (χ3v) is 2.36. The molecule has 0 fully saturated rings. The summed E-state index contributed by atoms with van der Waals surface area (Å²) < 4.78 is 8.70. The average Bonchev–Trinajstić information content (AvgIpc) is 2.31. The van der Waals surface area contributed by atoms with Crippen molar-refractivity contribution in [1.82, 2.24) is 9.97 Å². The van der Waals surface area contributed by atoms with Gasteiger partial charge in [-0.05, 0) is 18.1 Å². The smallest absolute Gasteiger partial charge is 0.316 e. The first-order valence-corrected chi connectivity index (χ1v) is 6.71. The topological polar surface area (TPSA) is 123 Å². The van der Waals surface area contributed by atoms with E-state index in [1.54, 1.807) is 6.07 Å². The number of fused-ring (bicyclic) bond motifs is 1. The van der Waals surface area contributed by atoms with Gasteiger partial charge in [-0.25, -0.2) is 0 Å². The van der Waals surface area contributed by atoms with Gasteiger partial charge in [-0.3, -0.25) is 9.59 Å². The molecule has 0 saturated carbocycles. The van der Waals surface area contributed by atoms with Gasteiger partial charge < -0.3 is 9.97 Å². The zero-order valence-corrected chi connectivity index (χ0v) is 11.1. The van der Waals surface area contributed by atoms with Crippen molar-refractivity contribution < 1.29 is 14.4 Å². The summed E-state index contributed by atoms with van der Waals surface area (Å²) >= 11 is 0. The second-order valence-electron chi connectivity index (χ2n) is 3.75. The summed E-state index contributed by atoms with van der Waals surface area (Å²) in [5.41, 5.74) is 1.29. The first-order valence-electron chi connectivity index (χ1n) is 5.55. The fourth-order valence-corrected chi connectivity index (χ4v) is 1.68. The Labute approximate surface area is 108 Å². The molecule has 0 unspecified atom stereocenters. The van der Waals surface area contributed by atoms with E-state index >= 15 is 0 Å². The molecule has 7 nitrogen and oxygen atoms in total. The van der Waals surface area contributed by atoms with Gasteiger partial charge >= 0.3 is 19.4 Å². The van der Waals surface area contributed by atoms with E-state index in [1.807, 2.05) is 12.1 Å². The van der Waals surface area contributed by atoms with E-state index in [2.05, 4.69) is 16.9 Å². The van der Waals surface area contributed by atoms with Crippen molar-refractivity contribution in [2.75, 3.05) is 0 Å². The van der Waals surface area contributed by atoms with Crippen molar-refractivity contribution in [1.29, 1.82) is 0 Å².